The van der Waals surface area contributed by atoms with E-state index in [2.05, 4.69) is 5.32 Å². The van der Waals surface area contributed by atoms with Gasteiger partial charge in [0.25, 0.3) is 5.91 Å². The summed E-state index contributed by atoms with van der Waals surface area (Å²) in [5, 5.41) is 13.3. The van der Waals surface area contributed by atoms with Gasteiger partial charge in [0.2, 0.25) is 0 Å². The van der Waals surface area contributed by atoms with Crippen molar-refractivity contribution in [2.24, 2.45) is 0 Å². The molecule has 1 atom stereocenters. The van der Waals surface area contributed by atoms with E-state index in [1.54, 1.807) is 25.1 Å². The standard InChI is InChI=1S/C25H31NO3/c1-20(2)8-7-16-25(3,28)17-19-29-23-13-11-21(12-14-23)15-18-26-24(27)22-9-5-4-6-10-22/h4-14,16,28H,15,17-19H2,1-3H3,(H,26,27)/b16-7+. The van der Waals surface area contributed by atoms with Gasteiger partial charge in [0.1, 0.15) is 5.75 Å². The summed E-state index contributed by atoms with van der Waals surface area (Å²) >= 11 is 0. The Morgan fingerprint density at radius 1 is 1.10 bits per heavy atom. The number of allylic oxidation sites excluding steroid dienone is 3. The third-order valence-corrected chi connectivity index (χ3v) is 4.42. The van der Waals surface area contributed by atoms with Gasteiger partial charge in [0.05, 0.1) is 12.2 Å². The maximum absolute atomic E-state index is 12.0. The van der Waals surface area contributed by atoms with Crippen molar-refractivity contribution in [2.45, 2.75) is 39.2 Å². The van der Waals surface area contributed by atoms with Gasteiger partial charge in [-0.05, 0) is 57.0 Å². The molecule has 1 unspecified atom stereocenters. The molecule has 2 aromatic rings. The highest BCUT2D eigenvalue weighted by molar-refractivity contribution is 5.94. The zero-order chi connectivity index (χ0) is 21.1. The van der Waals surface area contributed by atoms with Crippen LogP contribution in [0.1, 0.15) is 43.1 Å². The van der Waals surface area contributed by atoms with Gasteiger partial charge < -0.3 is 15.2 Å². The first kappa shape index (κ1) is 22.4. The smallest absolute Gasteiger partial charge is 0.251 e. The lowest BCUT2D eigenvalue weighted by molar-refractivity contribution is 0.0832. The van der Waals surface area contributed by atoms with Crippen LogP contribution >= 0.6 is 0 Å². The Kier molecular flexibility index (Phi) is 8.68. The van der Waals surface area contributed by atoms with Crippen molar-refractivity contribution in [3.8, 4) is 5.75 Å². The minimum absolute atomic E-state index is 0.0590. The van der Waals surface area contributed by atoms with Crippen LogP contribution < -0.4 is 10.1 Å². The molecule has 2 rings (SSSR count). The maximum Gasteiger partial charge on any atom is 0.251 e. The molecule has 0 fully saturated rings. The lowest BCUT2D eigenvalue weighted by atomic mass is 10.0. The molecular formula is C25H31NO3. The zero-order valence-corrected chi connectivity index (χ0v) is 17.5. The van der Waals surface area contributed by atoms with Crippen molar-refractivity contribution in [2.75, 3.05) is 13.2 Å². The Morgan fingerprint density at radius 3 is 2.45 bits per heavy atom. The predicted octanol–water partition coefficient (Wildman–Crippen LogP) is 4.70. The first-order valence-corrected chi connectivity index (χ1v) is 9.96. The average Bonchev–Trinajstić information content (AvgIpc) is 2.69. The molecule has 4 heteroatoms. The highest BCUT2D eigenvalue weighted by atomic mass is 16.5. The largest absolute Gasteiger partial charge is 0.493 e. The number of benzene rings is 2. The van der Waals surface area contributed by atoms with Crippen molar-refractivity contribution in [1.29, 1.82) is 0 Å². The van der Waals surface area contributed by atoms with E-state index in [9.17, 15) is 9.90 Å². The Hall–Kier alpha value is -2.85. The number of hydrogen-bond donors (Lipinski definition) is 2. The van der Waals surface area contributed by atoms with Gasteiger partial charge >= 0.3 is 0 Å². The first-order valence-electron chi connectivity index (χ1n) is 9.96. The summed E-state index contributed by atoms with van der Waals surface area (Å²) in [5.41, 5.74) is 2.08. The number of hydrogen-bond acceptors (Lipinski definition) is 3. The zero-order valence-electron chi connectivity index (χ0n) is 17.5. The predicted molar refractivity (Wildman–Crippen MR) is 118 cm³/mol. The Labute approximate surface area is 173 Å². The number of ether oxygens (including phenoxy) is 1. The summed E-state index contributed by atoms with van der Waals surface area (Å²) in [5.74, 6) is 0.711. The molecule has 0 aliphatic rings. The van der Waals surface area contributed by atoms with Crippen molar-refractivity contribution >= 4 is 5.91 Å². The third-order valence-electron chi connectivity index (χ3n) is 4.42. The highest BCUT2D eigenvalue weighted by Crippen LogP contribution is 2.16. The number of amides is 1. The molecule has 29 heavy (non-hydrogen) atoms. The summed E-state index contributed by atoms with van der Waals surface area (Å²) in [6.45, 7) is 6.82. The quantitative estimate of drug-likeness (QED) is 0.575. The second kappa shape index (κ2) is 11.2. The molecule has 154 valence electrons. The highest BCUT2D eigenvalue weighted by Gasteiger charge is 2.15. The van der Waals surface area contributed by atoms with E-state index in [4.69, 9.17) is 4.74 Å². The monoisotopic (exact) mass is 393 g/mol. The number of rotatable bonds is 10. The van der Waals surface area contributed by atoms with Gasteiger partial charge in [-0.3, -0.25) is 4.79 Å². The molecule has 0 saturated heterocycles. The molecule has 2 N–H and O–H groups in total. The topological polar surface area (TPSA) is 58.6 Å². The molecule has 0 spiro atoms. The van der Waals surface area contributed by atoms with Crippen molar-refractivity contribution < 1.29 is 14.6 Å². The number of aliphatic hydroxyl groups is 1. The lowest BCUT2D eigenvalue weighted by Crippen LogP contribution is -2.25. The summed E-state index contributed by atoms with van der Waals surface area (Å²) in [6, 6.07) is 17.0. The molecular weight excluding hydrogens is 362 g/mol. The van der Waals surface area contributed by atoms with E-state index in [0.717, 1.165) is 17.7 Å². The van der Waals surface area contributed by atoms with Crippen LogP contribution in [0.2, 0.25) is 0 Å². The van der Waals surface area contributed by atoms with Gasteiger partial charge in [0, 0.05) is 18.5 Å². The van der Waals surface area contributed by atoms with Crippen molar-refractivity contribution in [3.05, 3.63) is 89.5 Å². The molecule has 4 nitrogen and oxygen atoms in total. The average molecular weight is 394 g/mol. The Morgan fingerprint density at radius 2 is 1.79 bits per heavy atom. The summed E-state index contributed by atoms with van der Waals surface area (Å²) in [6.07, 6.45) is 6.89. The summed E-state index contributed by atoms with van der Waals surface area (Å²) in [7, 11) is 0. The fourth-order valence-corrected chi connectivity index (χ4v) is 2.67. The van der Waals surface area contributed by atoms with Gasteiger partial charge in [0.15, 0.2) is 0 Å². The van der Waals surface area contributed by atoms with Crippen LogP contribution in [0.3, 0.4) is 0 Å². The normalized spacial score (nSPS) is 13.0. The Bertz CT molecular complexity index is 817. The molecule has 0 aromatic heterocycles. The minimum atomic E-state index is -0.900. The lowest BCUT2D eigenvalue weighted by Gasteiger charge is -2.19. The van der Waals surface area contributed by atoms with Crippen LogP contribution in [0.25, 0.3) is 0 Å². The first-order chi connectivity index (χ1) is 13.9. The van der Waals surface area contributed by atoms with E-state index >= 15 is 0 Å². The molecule has 0 heterocycles. The molecule has 0 saturated carbocycles. The van der Waals surface area contributed by atoms with Crippen LogP contribution in [0, 0.1) is 0 Å². The van der Waals surface area contributed by atoms with E-state index in [1.807, 2.05) is 68.5 Å². The van der Waals surface area contributed by atoms with E-state index in [1.165, 1.54) is 5.57 Å². The fraction of sp³-hybridized carbons (Fsp3) is 0.320. The van der Waals surface area contributed by atoms with Gasteiger partial charge in [-0.15, -0.1) is 0 Å². The van der Waals surface area contributed by atoms with E-state index < -0.39 is 5.60 Å². The van der Waals surface area contributed by atoms with Crippen LogP contribution in [0.15, 0.2) is 78.4 Å². The van der Waals surface area contributed by atoms with Crippen LogP contribution in [0.4, 0.5) is 0 Å². The van der Waals surface area contributed by atoms with E-state index in [0.29, 0.717) is 25.1 Å². The van der Waals surface area contributed by atoms with Gasteiger partial charge in [-0.2, -0.15) is 0 Å². The van der Waals surface area contributed by atoms with Crippen molar-refractivity contribution in [3.63, 3.8) is 0 Å². The number of nitrogens with one attached hydrogen (secondary N) is 1. The Balaban J connectivity index is 1.72. The molecule has 0 aliphatic heterocycles. The molecule has 2 aromatic carbocycles. The van der Waals surface area contributed by atoms with Gasteiger partial charge in [-0.25, -0.2) is 0 Å². The molecule has 0 bridgehead atoms. The summed E-state index contributed by atoms with van der Waals surface area (Å²) < 4.78 is 5.75. The molecule has 0 aliphatic carbocycles. The maximum atomic E-state index is 12.0. The third kappa shape index (κ3) is 8.79. The number of carbonyl (C=O) groups excluding carboxylic acids is 1. The minimum Gasteiger partial charge on any atom is -0.493 e. The second-order valence-electron chi connectivity index (χ2n) is 7.57. The molecule has 0 radical (unpaired) electrons. The molecule has 1 amide bonds. The fourth-order valence-electron chi connectivity index (χ4n) is 2.67. The SMILES string of the molecule is CC(C)=C/C=C/C(C)(O)CCOc1ccc(CCNC(=O)c2ccccc2)cc1. The van der Waals surface area contributed by atoms with Gasteiger partial charge in [-0.1, -0.05) is 54.1 Å². The van der Waals surface area contributed by atoms with Crippen LogP contribution in [-0.2, 0) is 6.42 Å². The second-order valence-corrected chi connectivity index (χ2v) is 7.57. The van der Waals surface area contributed by atoms with E-state index in [-0.39, 0.29) is 5.91 Å². The van der Waals surface area contributed by atoms with Crippen LogP contribution in [0.5, 0.6) is 5.75 Å². The number of carbonyl (C=O) groups is 1. The van der Waals surface area contributed by atoms with Crippen molar-refractivity contribution in [1.82, 2.24) is 5.32 Å². The summed E-state index contributed by atoms with van der Waals surface area (Å²) in [4.78, 5) is 12.0. The van der Waals surface area contributed by atoms with Crippen LogP contribution in [-0.4, -0.2) is 29.8 Å².